The van der Waals surface area contributed by atoms with Crippen molar-refractivity contribution in [3.63, 3.8) is 0 Å². The number of piperazine rings is 1. The fraction of sp³-hybridized carbons (Fsp3) is 0.333. The van der Waals surface area contributed by atoms with Crippen LogP contribution >= 0.6 is 0 Å². The van der Waals surface area contributed by atoms with Crippen LogP contribution in [0, 0.1) is 11.7 Å². The van der Waals surface area contributed by atoms with Gasteiger partial charge >= 0.3 is 0 Å². The highest BCUT2D eigenvalue weighted by atomic mass is 19.1. The van der Waals surface area contributed by atoms with E-state index in [1.165, 1.54) is 6.07 Å². The van der Waals surface area contributed by atoms with Crippen molar-refractivity contribution in [2.24, 2.45) is 5.92 Å². The smallest absolute Gasteiger partial charge is 0.272 e. The molecule has 3 aromatic rings. The number of fused-ring (bicyclic) bond motifs is 1. The molecular weight excluding hydrogens is 411 g/mol. The highest BCUT2D eigenvalue weighted by Gasteiger charge is 2.27. The number of benzene rings is 2. The Morgan fingerprint density at radius 3 is 2.38 bits per heavy atom. The lowest BCUT2D eigenvalue weighted by atomic mass is 10.0. The maximum Gasteiger partial charge on any atom is 0.272 e. The Kier molecular flexibility index (Phi) is 6.03. The van der Waals surface area contributed by atoms with Gasteiger partial charge in [-0.25, -0.2) is 9.49 Å². The molecule has 4 rings (SSSR count). The largest absolute Gasteiger partial charge is 0.339 e. The van der Waals surface area contributed by atoms with E-state index in [2.05, 4.69) is 10.2 Å². The van der Waals surface area contributed by atoms with Gasteiger partial charge < -0.3 is 9.80 Å². The first-order chi connectivity index (χ1) is 15.3. The van der Waals surface area contributed by atoms with Crippen LogP contribution in [0.4, 0.5) is 4.39 Å². The summed E-state index contributed by atoms with van der Waals surface area (Å²) in [4.78, 5) is 40.5. The van der Waals surface area contributed by atoms with Gasteiger partial charge in [0.25, 0.3) is 11.5 Å². The third-order valence-electron chi connectivity index (χ3n) is 5.78. The molecule has 1 fully saturated rings. The number of hydrogen-bond donors (Lipinski definition) is 1. The maximum absolute atomic E-state index is 14.6. The molecule has 0 unspecified atom stereocenters. The van der Waals surface area contributed by atoms with Gasteiger partial charge in [0.05, 0.1) is 16.6 Å². The zero-order valence-electron chi connectivity index (χ0n) is 18.1. The lowest BCUT2D eigenvalue weighted by Gasteiger charge is -2.35. The molecular formula is C24H25FN4O3. The van der Waals surface area contributed by atoms with Crippen LogP contribution in [-0.2, 0) is 11.2 Å². The Morgan fingerprint density at radius 1 is 1.03 bits per heavy atom. The van der Waals surface area contributed by atoms with Crippen molar-refractivity contribution < 1.29 is 14.0 Å². The number of nitrogens with one attached hydrogen (secondary N) is 1. The van der Waals surface area contributed by atoms with E-state index in [1.807, 2.05) is 26.0 Å². The molecule has 1 N–H and O–H groups in total. The fourth-order valence-electron chi connectivity index (χ4n) is 4.01. The van der Waals surface area contributed by atoms with Crippen molar-refractivity contribution in [1.82, 2.24) is 20.0 Å². The molecule has 2 aromatic carbocycles. The number of carbonyl (C=O) groups is 2. The average Bonchev–Trinajstić information content (AvgIpc) is 2.81. The lowest BCUT2D eigenvalue weighted by Crippen LogP contribution is -2.51. The first-order valence-corrected chi connectivity index (χ1v) is 10.7. The number of hydrogen-bond acceptors (Lipinski definition) is 4. The minimum absolute atomic E-state index is 0.000124. The zero-order chi connectivity index (χ0) is 22.8. The summed E-state index contributed by atoms with van der Waals surface area (Å²) in [6.07, 6.45) is 0.342. The van der Waals surface area contributed by atoms with Crippen molar-refractivity contribution in [2.75, 3.05) is 26.2 Å². The van der Waals surface area contributed by atoms with Gasteiger partial charge in [0.15, 0.2) is 0 Å². The molecule has 1 saturated heterocycles. The zero-order valence-corrected chi connectivity index (χ0v) is 18.1. The van der Waals surface area contributed by atoms with Crippen LogP contribution < -0.4 is 5.56 Å². The molecule has 8 heteroatoms. The highest BCUT2D eigenvalue weighted by Crippen LogP contribution is 2.20. The molecule has 0 atom stereocenters. The number of halogens is 1. The molecule has 2 heterocycles. The Morgan fingerprint density at radius 2 is 1.69 bits per heavy atom. The summed E-state index contributed by atoms with van der Waals surface area (Å²) >= 11 is 0. The van der Waals surface area contributed by atoms with Crippen LogP contribution in [0.25, 0.3) is 10.8 Å². The highest BCUT2D eigenvalue weighted by molar-refractivity contribution is 5.95. The van der Waals surface area contributed by atoms with E-state index in [0.29, 0.717) is 49.2 Å². The summed E-state index contributed by atoms with van der Waals surface area (Å²) in [5.41, 5.74) is 1.09. The summed E-state index contributed by atoms with van der Waals surface area (Å²) in [6, 6.07) is 11.6. The topological polar surface area (TPSA) is 86.4 Å². The van der Waals surface area contributed by atoms with Crippen molar-refractivity contribution in [3.05, 3.63) is 75.5 Å². The predicted octanol–water partition coefficient (Wildman–Crippen LogP) is 2.59. The van der Waals surface area contributed by atoms with Gasteiger partial charge in [-0.3, -0.25) is 14.4 Å². The number of rotatable bonds is 4. The van der Waals surface area contributed by atoms with E-state index in [-0.39, 0.29) is 28.9 Å². The standard InChI is InChI=1S/C24H25FN4O3/c1-15(2)23(31)28-9-11-29(12-10-28)24(32)19-13-16(7-8-20(19)25)14-21-17-5-3-4-6-18(17)22(30)27-26-21/h3-8,13,15H,9-12,14H2,1-2H3,(H,27,30). The summed E-state index contributed by atoms with van der Waals surface area (Å²) in [7, 11) is 0. The van der Waals surface area contributed by atoms with Crippen LogP contribution in [0.2, 0.25) is 0 Å². The Hall–Kier alpha value is -3.55. The quantitative estimate of drug-likeness (QED) is 0.681. The van der Waals surface area contributed by atoms with E-state index in [9.17, 15) is 18.8 Å². The Bertz CT molecular complexity index is 1230. The number of aromatic amines is 1. The van der Waals surface area contributed by atoms with Gasteiger partial charge in [-0.15, -0.1) is 0 Å². The van der Waals surface area contributed by atoms with Crippen molar-refractivity contribution in [3.8, 4) is 0 Å². The van der Waals surface area contributed by atoms with Gasteiger partial charge in [-0.1, -0.05) is 38.1 Å². The Balaban J connectivity index is 1.54. The molecule has 32 heavy (non-hydrogen) atoms. The normalized spacial score (nSPS) is 14.2. The van der Waals surface area contributed by atoms with Crippen LogP contribution in [0.1, 0.15) is 35.5 Å². The number of aromatic nitrogens is 2. The second-order valence-electron chi connectivity index (χ2n) is 8.31. The minimum atomic E-state index is -0.585. The Labute approximate surface area is 184 Å². The van der Waals surface area contributed by atoms with E-state index in [1.54, 1.807) is 34.1 Å². The monoisotopic (exact) mass is 436 g/mol. The van der Waals surface area contributed by atoms with Crippen molar-refractivity contribution >= 4 is 22.6 Å². The molecule has 1 aliphatic rings. The summed E-state index contributed by atoms with van der Waals surface area (Å²) in [5.74, 6) is -1.01. The summed E-state index contributed by atoms with van der Waals surface area (Å²) in [5, 5.41) is 7.91. The summed E-state index contributed by atoms with van der Waals surface area (Å²) < 4.78 is 14.6. The van der Waals surface area contributed by atoms with E-state index < -0.39 is 5.82 Å². The van der Waals surface area contributed by atoms with Gasteiger partial charge in [-0.05, 0) is 23.8 Å². The second kappa shape index (κ2) is 8.90. The molecule has 0 bridgehead atoms. The van der Waals surface area contributed by atoms with Crippen LogP contribution in [0.5, 0.6) is 0 Å². The first-order valence-electron chi connectivity index (χ1n) is 10.7. The number of amides is 2. The lowest BCUT2D eigenvalue weighted by molar-refractivity contribution is -0.135. The molecule has 2 amide bonds. The summed E-state index contributed by atoms with van der Waals surface area (Å²) in [6.45, 7) is 5.32. The predicted molar refractivity (Wildman–Crippen MR) is 119 cm³/mol. The number of nitrogens with zero attached hydrogens (tertiary/aromatic N) is 3. The van der Waals surface area contributed by atoms with Crippen molar-refractivity contribution in [1.29, 1.82) is 0 Å². The van der Waals surface area contributed by atoms with Crippen LogP contribution in [-0.4, -0.2) is 58.0 Å². The van der Waals surface area contributed by atoms with Gasteiger partial charge in [0.2, 0.25) is 5.91 Å². The van der Waals surface area contributed by atoms with E-state index in [4.69, 9.17) is 0 Å². The first kappa shape index (κ1) is 21.7. The van der Waals surface area contributed by atoms with Gasteiger partial charge in [0, 0.05) is 43.9 Å². The third-order valence-corrected chi connectivity index (χ3v) is 5.78. The molecule has 1 aliphatic heterocycles. The van der Waals surface area contributed by atoms with E-state index in [0.717, 1.165) is 5.39 Å². The maximum atomic E-state index is 14.6. The molecule has 0 radical (unpaired) electrons. The van der Waals surface area contributed by atoms with Crippen LogP contribution in [0.3, 0.4) is 0 Å². The SMILES string of the molecule is CC(C)C(=O)N1CCN(C(=O)c2cc(Cc3n[nH]c(=O)c4ccccc34)ccc2F)CC1. The van der Waals surface area contributed by atoms with Crippen molar-refractivity contribution in [2.45, 2.75) is 20.3 Å². The number of carbonyl (C=O) groups excluding carboxylic acids is 2. The molecule has 0 saturated carbocycles. The van der Waals surface area contributed by atoms with E-state index >= 15 is 0 Å². The minimum Gasteiger partial charge on any atom is -0.339 e. The molecule has 0 spiro atoms. The average molecular weight is 436 g/mol. The molecule has 0 aliphatic carbocycles. The van der Waals surface area contributed by atoms with Gasteiger partial charge in [-0.2, -0.15) is 5.10 Å². The fourth-order valence-corrected chi connectivity index (χ4v) is 4.01. The van der Waals surface area contributed by atoms with Gasteiger partial charge in [0.1, 0.15) is 5.82 Å². The molecule has 7 nitrogen and oxygen atoms in total. The number of H-pyrrole nitrogens is 1. The van der Waals surface area contributed by atoms with Crippen LogP contribution in [0.15, 0.2) is 47.3 Å². The second-order valence-corrected chi connectivity index (χ2v) is 8.31. The molecule has 1 aromatic heterocycles. The third kappa shape index (κ3) is 4.26. The molecule has 166 valence electrons.